The molecule has 0 bridgehead atoms. The van der Waals surface area contributed by atoms with Crippen molar-refractivity contribution in [2.24, 2.45) is 0 Å². The molecule has 0 fully saturated rings. The Labute approximate surface area is 275 Å². The van der Waals surface area contributed by atoms with Gasteiger partial charge in [0.1, 0.15) is 5.76 Å². The highest BCUT2D eigenvalue weighted by Gasteiger charge is 2.75. The summed E-state index contributed by atoms with van der Waals surface area (Å²) in [6.07, 6.45) is -38.6. The van der Waals surface area contributed by atoms with Gasteiger partial charge in [0, 0.05) is 41.5 Å². The van der Waals surface area contributed by atoms with Crippen LogP contribution in [0.2, 0.25) is 0 Å². The van der Waals surface area contributed by atoms with Crippen LogP contribution in [0.25, 0.3) is 0 Å². The van der Waals surface area contributed by atoms with Crippen LogP contribution in [-0.4, -0.2) is 82.6 Å². The Balaban J connectivity index is 6.39. The number of rotatable bonds is 20. The van der Waals surface area contributed by atoms with E-state index in [1.54, 1.807) is 0 Å². The van der Waals surface area contributed by atoms with Crippen molar-refractivity contribution in [3.05, 3.63) is 24.5 Å². The number of alkyl halides is 19. The molecule has 0 spiro atoms. The van der Waals surface area contributed by atoms with Crippen LogP contribution >= 0.6 is 0 Å². The number of halogens is 19. The van der Waals surface area contributed by atoms with E-state index in [4.69, 9.17) is 5.11 Å². The molecule has 0 saturated carbocycles. The molecule has 304 valence electrons. The molecule has 26 heteroatoms. The van der Waals surface area contributed by atoms with Crippen molar-refractivity contribution in [3.8, 4) is 0 Å². The third-order valence-corrected chi connectivity index (χ3v) is 6.39. The second-order valence-electron chi connectivity index (χ2n) is 11.4. The van der Waals surface area contributed by atoms with E-state index >= 15 is 0 Å². The number of aliphatic hydroxyl groups is 1. The van der Waals surface area contributed by atoms with E-state index in [1.165, 1.54) is 0 Å². The van der Waals surface area contributed by atoms with Crippen LogP contribution in [0.1, 0.15) is 55.4 Å². The average Bonchev–Trinajstić information content (AvgIpc) is 2.78. The van der Waals surface area contributed by atoms with Crippen molar-refractivity contribution < 1.29 is 117 Å². The van der Waals surface area contributed by atoms with E-state index in [0.29, 0.717) is 0 Å². The summed E-state index contributed by atoms with van der Waals surface area (Å²) in [5.41, 5.74) is -5.38. The summed E-state index contributed by atoms with van der Waals surface area (Å²) in [6, 6.07) is 0. The van der Waals surface area contributed by atoms with E-state index < -0.39 is 125 Å². The van der Waals surface area contributed by atoms with Gasteiger partial charge < -0.3 is 9.84 Å². The van der Waals surface area contributed by atoms with Gasteiger partial charge in [-0.2, -0.15) is 57.1 Å². The SMILES string of the molecule is C=C(C)C(=C)OC(C)(F)C(C)(F)C(F)(F)OC(C)(F)C(F)(F)OC(C)(F)C(F)(F)OC(C)(F)C(F)(F)OC(C)(F)C(F)(F)OC(C)(F)C(O)(F)F. The summed E-state index contributed by atoms with van der Waals surface area (Å²) >= 11 is 0. The van der Waals surface area contributed by atoms with Gasteiger partial charge in [-0.3, -0.25) is 23.7 Å². The van der Waals surface area contributed by atoms with Gasteiger partial charge in [0.2, 0.25) is 0 Å². The maximum atomic E-state index is 15.0. The number of ether oxygens (including phenoxy) is 6. The fourth-order valence-corrected chi connectivity index (χ4v) is 2.64. The molecule has 7 nitrogen and oxygen atoms in total. The Morgan fingerprint density at radius 3 is 0.824 bits per heavy atom. The Bertz CT molecular complexity index is 1270. The molecular weight excluding hydrogens is 773 g/mol. The standard InChI is InChI=1S/C25H29F19O7/c1-11(2)12(3)46-14(5,27)13(4,26)21(35,36)48-16(7,29)23(39,40)50-18(9,31)25(43,44)51-19(10,32)24(41,42)49-17(8,30)22(37,38)47-15(6,28)20(33,34)45/h45H,1,3H2,2,4-10H3. The minimum atomic E-state index is -6.74. The molecule has 0 heterocycles. The molecule has 0 aliphatic carbocycles. The largest absolute Gasteiger partial charge is 0.455 e. The number of hydrogen-bond donors (Lipinski definition) is 1. The fourth-order valence-electron chi connectivity index (χ4n) is 2.64. The molecule has 0 aromatic carbocycles. The van der Waals surface area contributed by atoms with Gasteiger partial charge in [0.05, 0.1) is 0 Å². The molecule has 0 aliphatic heterocycles. The van der Waals surface area contributed by atoms with Crippen LogP contribution in [0, 0.1) is 0 Å². The predicted molar refractivity (Wildman–Crippen MR) is 129 cm³/mol. The highest BCUT2D eigenvalue weighted by atomic mass is 19.3. The van der Waals surface area contributed by atoms with E-state index in [0.717, 1.165) is 6.92 Å². The third kappa shape index (κ3) is 10.0. The maximum Gasteiger partial charge on any atom is 0.417 e. The third-order valence-electron chi connectivity index (χ3n) is 6.39. The molecule has 7 atom stereocenters. The van der Waals surface area contributed by atoms with Gasteiger partial charge in [-0.15, -0.1) is 0 Å². The Morgan fingerprint density at radius 2 is 0.608 bits per heavy atom. The van der Waals surface area contributed by atoms with Crippen LogP contribution in [0.15, 0.2) is 24.5 Å². The molecule has 0 aromatic heterocycles. The normalized spacial score (nSPS) is 22.6. The minimum Gasteiger partial charge on any atom is -0.455 e. The molecule has 1 N–H and O–H groups in total. The summed E-state index contributed by atoms with van der Waals surface area (Å²) in [5.74, 6) is -34.2. The van der Waals surface area contributed by atoms with Gasteiger partial charge in [0.15, 0.2) is 0 Å². The van der Waals surface area contributed by atoms with Gasteiger partial charge in [-0.1, -0.05) is 13.2 Å². The maximum absolute atomic E-state index is 15.0. The predicted octanol–water partition coefficient (Wildman–Crippen LogP) is 9.57. The lowest BCUT2D eigenvalue weighted by Crippen LogP contribution is -2.64. The summed E-state index contributed by atoms with van der Waals surface area (Å²) in [5, 5.41) is 8.19. The molecule has 0 saturated heterocycles. The second-order valence-corrected chi connectivity index (χ2v) is 11.4. The van der Waals surface area contributed by atoms with Crippen molar-refractivity contribution in [1.82, 2.24) is 0 Å². The van der Waals surface area contributed by atoms with Crippen molar-refractivity contribution in [1.29, 1.82) is 0 Å². The minimum absolute atomic E-state index is 0.127. The smallest absolute Gasteiger partial charge is 0.417 e. The fraction of sp³-hybridized carbons (Fsp3) is 0.840. The lowest BCUT2D eigenvalue weighted by atomic mass is 9.98. The summed E-state index contributed by atoms with van der Waals surface area (Å²) in [7, 11) is 0. The molecule has 0 radical (unpaired) electrons. The Kier molecular flexibility index (Phi) is 12.9. The van der Waals surface area contributed by atoms with Crippen LogP contribution in [0.4, 0.5) is 83.4 Å². The zero-order valence-electron chi connectivity index (χ0n) is 27.0. The van der Waals surface area contributed by atoms with E-state index in [-0.39, 0.29) is 12.5 Å². The lowest BCUT2D eigenvalue weighted by Gasteiger charge is -2.43. The first-order valence-electron chi connectivity index (χ1n) is 13.0. The van der Waals surface area contributed by atoms with Crippen LogP contribution in [-0.2, 0) is 28.4 Å². The van der Waals surface area contributed by atoms with E-state index in [1.807, 2.05) is 0 Å². The zero-order chi connectivity index (χ0) is 41.9. The molecule has 51 heavy (non-hydrogen) atoms. The Morgan fingerprint density at radius 1 is 0.392 bits per heavy atom. The van der Waals surface area contributed by atoms with Crippen molar-refractivity contribution in [2.45, 2.75) is 133 Å². The molecule has 0 amide bonds. The van der Waals surface area contributed by atoms with E-state index in [9.17, 15) is 83.4 Å². The van der Waals surface area contributed by atoms with Gasteiger partial charge in [-0.25, -0.2) is 26.3 Å². The van der Waals surface area contributed by atoms with Gasteiger partial charge in [-0.05, 0) is 19.4 Å². The number of allylic oxidation sites excluding steroid dienone is 1. The average molecular weight is 802 g/mol. The first kappa shape index (κ1) is 48.7. The second kappa shape index (κ2) is 13.5. The summed E-state index contributed by atoms with van der Waals surface area (Å²) in [6.45, 7) is 1.86. The summed E-state index contributed by atoms with van der Waals surface area (Å²) < 4.78 is 289. The number of hydrogen-bond acceptors (Lipinski definition) is 7. The Hall–Kier alpha value is -2.29. The lowest BCUT2D eigenvalue weighted by molar-refractivity contribution is -0.539. The summed E-state index contributed by atoms with van der Waals surface area (Å²) in [4.78, 5) is 0. The van der Waals surface area contributed by atoms with Crippen LogP contribution in [0.3, 0.4) is 0 Å². The van der Waals surface area contributed by atoms with Crippen molar-refractivity contribution in [3.63, 3.8) is 0 Å². The first-order chi connectivity index (χ1) is 21.6. The molecule has 0 aromatic rings. The highest BCUT2D eigenvalue weighted by Crippen LogP contribution is 2.53. The topological polar surface area (TPSA) is 75.6 Å². The monoisotopic (exact) mass is 802 g/mol. The van der Waals surface area contributed by atoms with Crippen molar-refractivity contribution >= 4 is 0 Å². The van der Waals surface area contributed by atoms with Gasteiger partial charge >= 0.3 is 65.9 Å². The molecule has 0 aliphatic rings. The van der Waals surface area contributed by atoms with Gasteiger partial charge in [0.25, 0.3) is 11.5 Å². The van der Waals surface area contributed by atoms with Crippen LogP contribution in [0.5, 0.6) is 0 Å². The molecule has 0 rings (SSSR count). The van der Waals surface area contributed by atoms with Crippen LogP contribution < -0.4 is 0 Å². The molecule has 7 unspecified atom stereocenters. The first-order valence-corrected chi connectivity index (χ1v) is 13.0. The van der Waals surface area contributed by atoms with E-state index in [2.05, 4.69) is 41.6 Å². The van der Waals surface area contributed by atoms with Crippen molar-refractivity contribution in [2.75, 3.05) is 0 Å². The zero-order valence-corrected chi connectivity index (χ0v) is 27.0. The molecular formula is C25H29F19O7. The highest BCUT2D eigenvalue weighted by molar-refractivity contribution is 5.17. The quantitative estimate of drug-likeness (QED) is 0.0747.